The summed E-state index contributed by atoms with van der Waals surface area (Å²) in [5.74, 6) is -0.311. The van der Waals surface area contributed by atoms with Crippen molar-refractivity contribution in [3.63, 3.8) is 0 Å². The average Bonchev–Trinajstić information content (AvgIpc) is 3.77. The van der Waals surface area contributed by atoms with E-state index in [2.05, 4.69) is 26.2 Å². The van der Waals surface area contributed by atoms with Gasteiger partial charge in [-0.2, -0.15) is 0 Å². The summed E-state index contributed by atoms with van der Waals surface area (Å²) >= 11 is 0. The molecule has 0 saturated carbocycles. The van der Waals surface area contributed by atoms with Crippen molar-refractivity contribution >= 4 is 34.4 Å². The van der Waals surface area contributed by atoms with Crippen molar-refractivity contribution < 1.29 is 38.1 Å². The van der Waals surface area contributed by atoms with Gasteiger partial charge >= 0.3 is 0 Å². The summed E-state index contributed by atoms with van der Waals surface area (Å²) in [6, 6.07) is 9.52. The molecule has 2 fully saturated rings. The van der Waals surface area contributed by atoms with Crippen LogP contribution < -0.4 is 36.0 Å². The summed E-state index contributed by atoms with van der Waals surface area (Å²) in [6.45, 7) is 3.68. The van der Waals surface area contributed by atoms with E-state index in [9.17, 15) is 24.0 Å². The van der Waals surface area contributed by atoms with Crippen LogP contribution in [0.2, 0.25) is 0 Å². The predicted octanol–water partition coefficient (Wildman–Crippen LogP) is 2.25. The van der Waals surface area contributed by atoms with Crippen molar-refractivity contribution in [3.8, 4) is 28.4 Å². The van der Waals surface area contributed by atoms with Crippen LogP contribution in [0.1, 0.15) is 52.0 Å². The SMILES string of the molecule is COc1cc(-c2cn(C)c(=O)c3cnccc23)cc(OC)c1CN1CC(OCC2=CN(CCCCOc3ccc4c(c3)C(=O)N(C3CCC(=O)NC3=O)C4=O)NN2)C1. The molecule has 302 valence electrons. The van der Waals surface area contributed by atoms with E-state index in [-0.39, 0.29) is 35.6 Å². The van der Waals surface area contributed by atoms with Gasteiger partial charge in [-0.15, -0.1) is 5.53 Å². The van der Waals surface area contributed by atoms with Crippen LogP contribution in [0.4, 0.5) is 0 Å². The number of hydrazine groups is 2. The van der Waals surface area contributed by atoms with Gasteiger partial charge in [0, 0.05) is 70.0 Å². The molecule has 4 aliphatic heterocycles. The fourth-order valence-corrected chi connectivity index (χ4v) is 7.73. The topological polar surface area (TPSA) is 186 Å². The van der Waals surface area contributed by atoms with E-state index in [4.69, 9.17) is 18.9 Å². The minimum atomic E-state index is -1.01. The Labute approximate surface area is 333 Å². The molecule has 4 aliphatic rings. The van der Waals surface area contributed by atoms with E-state index in [1.54, 1.807) is 44.3 Å². The number of hydrogen-bond acceptors (Lipinski definition) is 14. The lowest BCUT2D eigenvalue weighted by Crippen LogP contribution is -2.54. The number of nitrogens with one attached hydrogen (secondary N) is 3. The van der Waals surface area contributed by atoms with Crippen LogP contribution in [0.25, 0.3) is 21.9 Å². The van der Waals surface area contributed by atoms with Crippen LogP contribution in [0.5, 0.6) is 17.2 Å². The standard InChI is InChI=1S/C41H44N8O9/c1-46-21-32(28-10-11-42-17-31(28)39(46)52)24-14-35(55-2)33(36(15-24)56-3)22-47-19-27(20-47)58-23-25-18-48(45-44-25)12-4-5-13-57-26-6-7-29-30(16-26)41(54)49(40(29)53)34-8-9-37(50)43-38(34)51/h6-7,10-11,14-18,21,27,34,44-45H,4-5,8-9,12-13,19-20,22-23H2,1-3H3,(H,43,50,51). The van der Waals surface area contributed by atoms with Gasteiger partial charge in [0.25, 0.3) is 17.4 Å². The molecule has 2 saturated heterocycles. The number of aromatic nitrogens is 2. The Hall–Kier alpha value is -6.30. The monoisotopic (exact) mass is 792 g/mol. The zero-order valence-corrected chi connectivity index (χ0v) is 32.4. The molecule has 17 heteroatoms. The first kappa shape index (κ1) is 38.6. The Kier molecular flexibility index (Phi) is 10.8. The molecule has 4 aromatic rings. The number of imide groups is 2. The summed E-state index contributed by atoms with van der Waals surface area (Å²) in [5.41, 5.74) is 10.2. The van der Waals surface area contributed by atoms with Crippen molar-refractivity contribution in [1.82, 2.24) is 40.6 Å². The number of carbonyl (C=O) groups excluding carboxylic acids is 4. The van der Waals surface area contributed by atoms with Gasteiger partial charge in [0.05, 0.1) is 61.3 Å². The molecule has 0 aliphatic carbocycles. The van der Waals surface area contributed by atoms with Crippen LogP contribution in [-0.2, 0) is 27.9 Å². The number of unbranched alkanes of at least 4 members (excludes halogenated alkanes) is 1. The first-order chi connectivity index (χ1) is 28.1. The summed E-state index contributed by atoms with van der Waals surface area (Å²) in [5, 5.41) is 5.51. The van der Waals surface area contributed by atoms with E-state index in [0.717, 1.165) is 58.6 Å². The number of methoxy groups -OCH3 is 2. The minimum absolute atomic E-state index is 0.0665. The third-order valence-electron chi connectivity index (χ3n) is 10.8. The lowest BCUT2D eigenvalue weighted by atomic mass is 9.98. The van der Waals surface area contributed by atoms with E-state index >= 15 is 0 Å². The molecule has 2 aromatic carbocycles. The van der Waals surface area contributed by atoms with Crippen LogP contribution in [0, 0.1) is 0 Å². The maximum absolute atomic E-state index is 13.1. The largest absolute Gasteiger partial charge is 0.496 e. The number of benzene rings is 2. The zero-order chi connectivity index (χ0) is 40.5. The number of hydrogen-bond donors (Lipinski definition) is 3. The number of pyridine rings is 2. The number of fused-ring (bicyclic) bond motifs is 2. The van der Waals surface area contributed by atoms with Crippen LogP contribution in [0.3, 0.4) is 0 Å². The number of ether oxygens (including phenoxy) is 4. The molecule has 6 heterocycles. The fraction of sp³-hybridized carbons (Fsp3) is 0.366. The first-order valence-electron chi connectivity index (χ1n) is 19.1. The summed E-state index contributed by atoms with van der Waals surface area (Å²) in [6.07, 6.45) is 8.88. The van der Waals surface area contributed by atoms with Gasteiger partial charge in [-0.3, -0.25) is 49.1 Å². The maximum Gasteiger partial charge on any atom is 0.262 e. The zero-order valence-electron chi connectivity index (χ0n) is 32.4. The average molecular weight is 793 g/mol. The molecule has 0 radical (unpaired) electrons. The normalized spacial score (nSPS) is 18.3. The third kappa shape index (κ3) is 7.58. The second-order valence-electron chi connectivity index (χ2n) is 14.7. The molecule has 0 bridgehead atoms. The summed E-state index contributed by atoms with van der Waals surface area (Å²) in [7, 11) is 5.02. The van der Waals surface area contributed by atoms with Crippen molar-refractivity contribution in [2.24, 2.45) is 7.05 Å². The number of piperidine rings is 1. The van der Waals surface area contributed by atoms with E-state index in [1.807, 2.05) is 35.6 Å². The van der Waals surface area contributed by atoms with Crippen LogP contribution in [0.15, 0.2) is 71.7 Å². The highest BCUT2D eigenvalue weighted by Crippen LogP contribution is 2.38. The molecular weight excluding hydrogens is 748 g/mol. The summed E-state index contributed by atoms with van der Waals surface area (Å²) in [4.78, 5) is 70.0. The third-order valence-corrected chi connectivity index (χ3v) is 10.8. The highest BCUT2D eigenvalue weighted by atomic mass is 16.5. The Morgan fingerprint density at radius 1 is 0.897 bits per heavy atom. The fourth-order valence-electron chi connectivity index (χ4n) is 7.73. The molecule has 4 amide bonds. The van der Waals surface area contributed by atoms with Crippen LogP contribution in [-0.4, -0.2) is 107 Å². The van der Waals surface area contributed by atoms with Crippen molar-refractivity contribution in [2.75, 3.05) is 47.1 Å². The van der Waals surface area contributed by atoms with Gasteiger partial charge in [-0.05, 0) is 66.6 Å². The molecule has 2 aromatic heterocycles. The molecule has 0 spiro atoms. The highest BCUT2D eigenvalue weighted by Gasteiger charge is 2.44. The number of nitrogens with zero attached hydrogens (tertiary/aromatic N) is 5. The minimum Gasteiger partial charge on any atom is -0.496 e. The lowest BCUT2D eigenvalue weighted by molar-refractivity contribution is -0.136. The van der Waals surface area contributed by atoms with Gasteiger partial charge in [0.1, 0.15) is 23.3 Å². The molecule has 17 nitrogen and oxygen atoms in total. The van der Waals surface area contributed by atoms with E-state index in [1.165, 1.54) is 12.1 Å². The Morgan fingerprint density at radius 2 is 1.67 bits per heavy atom. The van der Waals surface area contributed by atoms with E-state index < -0.39 is 29.7 Å². The highest BCUT2D eigenvalue weighted by molar-refractivity contribution is 6.23. The van der Waals surface area contributed by atoms with Gasteiger partial charge < -0.3 is 28.9 Å². The number of amides is 4. The van der Waals surface area contributed by atoms with E-state index in [0.29, 0.717) is 48.9 Å². The number of rotatable bonds is 15. The quantitative estimate of drug-likeness (QED) is 0.118. The molecule has 1 atom stereocenters. The Balaban J connectivity index is 0.772. The number of aryl methyl sites for hydroxylation is 1. The lowest BCUT2D eigenvalue weighted by Gasteiger charge is -2.39. The van der Waals surface area contributed by atoms with Crippen LogP contribution >= 0.6 is 0 Å². The molecule has 8 rings (SSSR count). The molecule has 1 unspecified atom stereocenters. The van der Waals surface area contributed by atoms with Gasteiger partial charge in [0.15, 0.2) is 0 Å². The van der Waals surface area contributed by atoms with Gasteiger partial charge in [-0.1, -0.05) is 0 Å². The Bertz CT molecular complexity index is 2370. The second kappa shape index (κ2) is 16.3. The van der Waals surface area contributed by atoms with Gasteiger partial charge in [-0.25, -0.2) is 0 Å². The number of carbonyl (C=O) groups is 4. The summed E-state index contributed by atoms with van der Waals surface area (Å²) < 4.78 is 25.3. The van der Waals surface area contributed by atoms with Crippen molar-refractivity contribution in [2.45, 2.75) is 44.4 Å². The predicted molar refractivity (Wildman–Crippen MR) is 209 cm³/mol. The second-order valence-corrected chi connectivity index (χ2v) is 14.7. The molecular formula is C41H44N8O9. The first-order valence-corrected chi connectivity index (χ1v) is 19.1. The molecule has 3 N–H and O–H groups in total. The molecule has 58 heavy (non-hydrogen) atoms. The number of likely N-dealkylation sites (tertiary alicyclic amines) is 1. The maximum atomic E-state index is 13.1. The Morgan fingerprint density at radius 3 is 2.43 bits per heavy atom. The smallest absolute Gasteiger partial charge is 0.262 e. The van der Waals surface area contributed by atoms with Gasteiger partial charge in [0.2, 0.25) is 11.8 Å². The van der Waals surface area contributed by atoms with Crippen molar-refractivity contribution in [1.29, 1.82) is 0 Å². The van der Waals surface area contributed by atoms with Crippen molar-refractivity contribution in [3.05, 3.63) is 93.9 Å².